The highest BCUT2D eigenvalue weighted by molar-refractivity contribution is 5.90. The summed E-state index contributed by atoms with van der Waals surface area (Å²) < 4.78 is 9.70. The van der Waals surface area contributed by atoms with Crippen LogP contribution in [0.15, 0.2) is 0 Å². The summed E-state index contributed by atoms with van der Waals surface area (Å²) in [6, 6.07) is 0.147. The van der Waals surface area contributed by atoms with Crippen LogP contribution in [0.5, 0.6) is 0 Å². The number of carbonyl (C=O) groups is 1. The van der Waals surface area contributed by atoms with E-state index in [-0.39, 0.29) is 11.9 Å². The maximum Gasteiger partial charge on any atom is 0.292 e. The van der Waals surface area contributed by atoms with Gasteiger partial charge in [0.05, 0.1) is 12.6 Å². The Labute approximate surface area is 157 Å². The van der Waals surface area contributed by atoms with Crippen molar-refractivity contribution in [2.75, 3.05) is 19.8 Å². The summed E-state index contributed by atoms with van der Waals surface area (Å²) in [4.78, 5) is 15.0. The summed E-state index contributed by atoms with van der Waals surface area (Å²) in [6.07, 6.45) is 5.06. The van der Waals surface area contributed by atoms with Crippen LogP contribution < -0.4 is 0 Å². The minimum Gasteiger partial charge on any atom is -0.381 e. The molecule has 1 amide bonds. The van der Waals surface area contributed by atoms with Crippen LogP contribution in [0, 0.1) is 0 Å². The van der Waals surface area contributed by atoms with Gasteiger partial charge in [-0.2, -0.15) is 0 Å². The molecular weight excluding hydrogens is 346 g/mol. The van der Waals surface area contributed by atoms with Gasteiger partial charge < -0.3 is 18.8 Å². The second-order valence-corrected chi connectivity index (χ2v) is 7.81. The monoisotopic (exact) mass is 371 g/mol. The van der Waals surface area contributed by atoms with Crippen molar-refractivity contribution in [3.8, 4) is 0 Å². The Hall–Kier alpha value is -2.29. The summed E-state index contributed by atoms with van der Waals surface area (Å²) in [5.41, 5.74) is 0. The number of hydrogen-bond donors (Lipinski definition) is 0. The van der Waals surface area contributed by atoms with Gasteiger partial charge in [-0.15, -0.1) is 20.4 Å². The first kappa shape index (κ1) is 16.9. The van der Waals surface area contributed by atoms with Gasteiger partial charge in [0.25, 0.3) is 5.91 Å². The Morgan fingerprint density at radius 2 is 1.89 bits per heavy atom. The number of carbonyl (C=O) groups excluding carboxylic acids is 1. The molecule has 3 aliphatic heterocycles. The number of hydrogen-bond acceptors (Lipinski definition) is 6. The van der Waals surface area contributed by atoms with Crippen LogP contribution in [-0.4, -0.2) is 60.1 Å². The first-order valence-corrected chi connectivity index (χ1v) is 9.95. The molecule has 144 valence electrons. The summed E-state index contributed by atoms with van der Waals surface area (Å²) in [7, 11) is 0. The number of nitrogens with zero attached hydrogens (tertiary/aromatic N) is 7. The summed E-state index contributed by atoms with van der Waals surface area (Å²) in [5, 5.41) is 17.3. The van der Waals surface area contributed by atoms with Crippen molar-refractivity contribution < 1.29 is 9.53 Å². The van der Waals surface area contributed by atoms with Gasteiger partial charge in [0.2, 0.25) is 5.82 Å². The highest BCUT2D eigenvalue weighted by atomic mass is 16.5. The van der Waals surface area contributed by atoms with E-state index in [1.54, 1.807) is 0 Å². The Bertz CT molecular complexity index is 852. The lowest BCUT2D eigenvalue weighted by Gasteiger charge is -2.33. The number of aromatic nitrogens is 6. The van der Waals surface area contributed by atoms with Gasteiger partial charge in [0, 0.05) is 38.6 Å². The molecule has 5 rings (SSSR count). The van der Waals surface area contributed by atoms with Crippen molar-refractivity contribution in [2.45, 2.75) is 64.1 Å². The van der Waals surface area contributed by atoms with E-state index in [1.807, 2.05) is 9.47 Å². The van der Waals surface area contributed by atoms with E-state index in [9.17, 15) is 4.79 Å². The van der Waals surface area contributed by atoms with E-state index in [4.69, 9.17) is 4.74 Å². The molecule has 1 fully saturated rings. The topological polar surface area (TPSA) is 91.0 Å². The fourth-order valence-corrected chi connectivity index (χ4v) is 4.56. The molecule has 1 saturated heterocycles. The molecule has 0 aromatic carbocycles. The molecule has 0 unspecified atom stereocenters. The minimum absolute atomic E-state index is 0.0515. The smallest absolute Gasteiger partial charge is 0.292 e. The maximum absolute atomic E-state index is 13.1. The lowest BCUT2D eigenvalue weighted by molar-refractivity contribution is 0.0650. The molecule has 0 radical (unpaired) electrons. The molecule has 0 bridgehead atoms. The number of ether oxygens (including phenoxy) is 1. The van der Waals surface area contributed by atoms with Crippen LogP contribution in [0.25, 0.3) is 0 Å². The van der Waals surface area contributed by atoms with Crippen LogP contribution in [0.2, 0.25) is 0 Å². The van der Waals surface area contributed by atoms with Gasteiger partial charge in [0.1, 0.15) is 11.6 Å². The Balaban J connectivity index is 1.39. The summed E-state index contributed by atoms with van der Waals surface area (Å²) in [5.74, 6) is 3.65. The Morgan fingerprint density at radius 3 is 2.74 bits per heavy atom. The molecule has 27 heavy (non-hydrogen) atoms. The second-order valence-electron chi connectivity index (χ2n) is 7.81. The molecule has 9 nitrogen and oxygen atoms in total. The van der Waals surface area contributed by atoms with Crippen LogP contribution >= 0.6 is 0 Å². The van der Waals surface area contributed by atoms with Gasteiger partial charge >= 0.3 is 0 Å². The largest absolute Gasteiger partial charge is 0.381 e. The van der Waals surface area contributed by atoms with Crippen molar-refractivity contribution >= 4 is 5.91 Å². The molecule has 2 aromatic rings. The average molecular weight is 371 g/mol. The fraction of sp³-hybridized carbons (Fsp3) is 0.722. The van der Waals surface area contributed by atoms with Crippen molar-refractivity contribution in [2.24, 2.45) is 0 Å². The third-order valence-corrected chi connectivity index (χ3v) is 5.97. The molecule has 5 heterocycles. The Kier molecular flexibility index (Phi) is 4.18. The number of rotatable bonds is 2. The molecule has 0 saturated carbocycles. The van der Waals surface area contributed by atoms with Gasteiger partial charge in [-0.05, 0) is 32.6 Å². The van der Waals surface area contributed by atoms with Crippen molar-refractivity contribution in [3.63, 3.8) is 0 Å². The molecular formula is C18H25N7O2. The van der Waals surface area contributed by atoms with Gasteiger partial charge in [-0.1, -0.05) is 0 Å². The van der Waals surface area contributed by atoms with Crippen LogP contribution in [0.4, 0.5) is 0 Å². The van der Waals surface area contributed by atoms with Crippen LogP contribution in [0.3, 0.4) is 0 Å². The average Bonchev–Trinajstić information content (AvgIpc) is 3.33. The molecule has 9 heteroatoms. The maximum atomic E-state index is 13.1. The third kappa shape index (κ3) is 2.84. The highest BCUT2D eigenvalue weighted by Gasteiger charge is 2.34. The normalized spacial score (nSPS) is 23.1. The minimum atomic E-state index is -0.0515. The van der Waals surface area contributed by atoms with E-state index in [0.29, 0.717) is 24.8 Å². The van der Waals surface area contributed by atoms with E-state index >= 15 is 0 Å². The van der Waals surface area contributed by atoms with Crippen molar-refractivity contribution in [1.29, 1.82) is 0 Å². The van der Waals surface area contributed by atoms with Gasteiger partial charge in [-0.25, -0.2) is 0 Å². The van der Waals surface area contributed by atoms with E-state index in [2.05, 4.69) is 31.9 Å². The van der Waals surface area contributed by atoms with Crippen LogP contribution in [-0.2, 0) is 24.2 Å². The van der Waals surface area contributed by atoms with Crippen molar-refractivity contribution in [3.05, 3.63) is 23.3 Å². The van der Waals surface area contributed by atoms with Crippen molar-refractivity contribution in [1.82, 2.24) is 34.4 Å². The predicted molar refractivity (Wildman–Crippen MR) is 95.2 cm³/mol. The number of aryl methyl sites for hydroxylation is 1. The summed E-state index contributed by atoms with van der Waals surface area (Å²) >= 11 is 0. The first-order chi connectivity index (χ1) is 13.2. The van der Waals surface area contributed by atoms with E-state index < -0.39 is 0 Å². The number of amides is 1. The lowest BCUT2D eigenvalue weighted by atomic mass is 9.99. The molecule has 0 spiro atoms. The molecule has 3 aliphatic rings. The summed E-state index contributed by atoms with van der Waals surface area (Å²) in [6.45, 7) is 5.64. The zero-order chi connectivity index (χ0) is 18.4. The molecule has 1 atom stereocenters. The lowest BCUT2D eigenvalue weighted by Crippen LogP contribution is -2.42. The highest BCUT2D eigenvalue weighted by Crippen LogP contribution is 2.31. The molecule has 0 N–H and O–H groups in total. The Morgan fingerprint density at radius 1 is 1.07 bits per heavy atom. The predicted octanol–water partition coefficient (Wildman–Crippen LogP) is 1.32. The molecule has 0 aliphatic carbocycles. The van der Waals surface area contributed by atoms with E-state index in [0.717, 1.165) is 69.3 Å². The number of fused-ring (bicyclic) bond motifs is 2. The SMILES string of the molecule is C[C@H]1CN(C(=O)c2nnc3n2CCCC3)Cc2nnc(C3CCOCC3)n21. The van der Waals surface area contributed by atoms with Gasteiger partial charge in [0.15, 0.2) is 5.82 Å². The van der Waals surface area contributed by atoms with Gasteiger partial charge in [-0.3, -0.25) is 4.79 Å². The quantitative estimate of drug-likeness (QED) is 0.791. The first-order valence-electron chi connectivity index (χ1n) is 9.95. The fourth-order valence-electron chi connectivity index (χ4n) is 4.56. The third-order valence-electron chi connectivity index (χ3n) is 5.97. The zero-order valence-corrected chi connectivity index (χ0v) is 15.7. The van der Waals surface area contributed by atoms with E-state index in [1.165, 1.54) is 0 Å². The van der Waals surface area contributed by atoms with Crippen LogP contribution in [0.1, 0.15) is 72.7 Å². The second kappa shape index (κ2) is 6.70. The zero-order valence-electron chi connectivity index (χ0n) is 15.7. The molecule has 2 aromatic heterocycles. The standard InChI is InChI=1S/C18H25N7O2/c1-12-10-23(18(26)17-22-19-14-4-2-3-7-24(14)17)11-15-20-21-16(25(12)15)13-5-8-27-9-6-13/h12-13H,2-11H2,1H3/t12-/m0/s1.